The van der Waals surface area contributed by atoms with Gasteiger partial charge in [0.05, 0.1) is 0 Å². The van der Waals surface area contributed by atoms with Crippen molar-refractivity contribution >= 4 is 22.9 Å². The Balaban J connectivity index is 1.83. The highest BCUT2D eigenvalue weighted by Gasteiger charge is 2.04. The largest absolute Gasteiger partial charge is 0.310 e. The van der Waals surface area contributed by atoms with Gasteiger partial charge in [0.15, 0.2) is 0 Å². The Bertz CT molecular complexity index is 453. The molecule has 0 amide bonds. The number of halogens is 1. The number of hydrogen-bond acceptors (Lipinski definition) is 2. The molecular formula is C14H16ClNS. The molecule has 1 N–H and O–H groups in total. The van der Waals surface area contributed by atoms with Crippen molar-refractivity contribution in [3.05, 3.63) is 57.2 Å². The predicted molar refractivity (Wildman–Crippen MR) is 75.9 cm³/mol. The fourth-order valence-corrected chi connectivity index (χ4v) is 2.66. The van der Waals surface area contributed by atoms with Crippen LogP contribution in [0.5, 0.6) is 0 Å². The zero-order valence-corrected chi connectivity index (χ0v) is 11.4. The number of benzene rings is 1. The summed E-state index contributed by atoms with van der Waals surface area (Å²) in [5.41, 5.74) is 2.64. The van der Waals surface area contributed by atoms with E-state index in [1.54, 1.807) is 11.3 Å². The highest BCUT2D eigenvalue weighted by molar-refractivity contribution is 7.07. The second-order valence-corrected chi connectivity index (χ2v) is 5.33. The van der Waals surface area contributed by atoms with Crippen molar-refractivity contribution in [3.8, 4) is 0 Å². The molecule has 90 valence electrons. The molecule has 1 heterocycles. The van der Waals surface area contributed by atoms with Gasteiger partial charge in [-0.1, -0.05) is 23.7 Å². The average Bonchev–Trinajstić information content (AvgIpc) is 2.82. The fourth-order valence-electron chi connectivity index (χ4n) is 1.76. The summed E-state index contributed by atoms with van der Waals surface area (Å²) >= 11 is 7.73. The molecule has 0 unspecified atom stereocenters. The van der Waals surface area contributed by atoms with Crippen LogP contribution in [0.4, 0.5) is 0 Å². The Labute approximate surface area is 111 Å². The minimum atomic E-state index is 0.340. The lowest BCUT2D eigenvalue weighted by Crippen LogP contribution is -2.21. The summed E-state index contributed by atoms with van der Waals surface area (Å²) in [6, 6.07) is 10.5. The maximum atomic E-state index is 5.98. The molecule has 0 fully saturated rings. The van der Waals surface area contributed by atoms with Gasteiger partial charge < -0.3 is 5.32 Å². The molecule has 1 aromatic heterocycles. The summed E-state index contributed by atoms with van der Waals surface area (Å²) < 4.78 is 0. The van der Waals surface area contributed by atoms with E-state index in [0.717, 1.165) is 18.0 Å². The molecular weight excluding hydrogens is 250 g/mol. The predicted octanol–water partition coefficient (Wildman–Crippen LogP) is 4.29. The van der Waals surface area contributed by atoms with Crippen LogP contribution in [0.1, 0.15) is 24.1 Å². The van der Waals surface area contributed by atoms with E-state index in [9.17, 15) is 0 Å². The van der Waals surface area contributed by atoms with E-state index in [1.807, 2.05) is 18.2 Å². The van der Waals surface area contributed by atoms with E-state index in [0.29, 0.717) is 6.04 Å². The first-order valence-corrected chi connectivity index (χ1v) is 7.08. The van der Waals surface area contributed by atoms with Crippen molar-refractivity contribution in [1.82, 2.24) is 5.32 Å². The topological polar surface area (TPSA) is 12.0 Å². The van der Waals surface area contributed by atoms with Gasteiger partial charge in [0, 0.05) is 11.1 Å². The molecule has 0 saturated heterocycles. The quantitative estimate of drug-likeness (QED) is 0.850. The Morgan fingerprint density at radius 3 is 2.94 bits per heavy atom. The van der Waals surface area contributed by atoms with Gasteiger partial charge in [0.2, 0.25) is 0 Å². The third-order valence-corrected chi connectivity index (χ3v) is 3.76. The van der Waals surface area contributed by atoms with Crippen molar-refractivity contribution in [2.24, 2.45) is 0 Å². The number of hydrogen-bond donors (Lipinski definition) is 1. The molecule has 0 aliphatic heterocycles. The molecule has 1 nitrogen and oxygen atoms in total. The highest BCUT2D eigenvalue weighted by Crippen LogP contribution is 2.17. The summed E-state index contributed by atoms with van der Waals surface area (Å²) in [6.07, 6.45) is 1.08. The van der Waals surface area contributed by atoms with Gasteiger partial charge in [0.1, 0.15) is 0 Å². The van der Waals surface area contributed by atoms with Crippen molar-refractivity contribution in [1.29, 1.82) is 0 Å². The van der Waals surface area contributed by atoms with E-state index < -0.39 is 0 Å². The number of thiophene rings is 1. The van der Waals surface area contributed by atoms with Crippen molar-refractivity contribution in [2.75, 3.05) is 6.54 Å². The summed E-state index contributed by atoms with van der Waals surface area (Å²) in [5, 5.41) is 8.63. The number of nitrogens with one attached hydrogen (secondary N) is 1. The third kappa shape index (κ3) is 3.84. The van der Waals surface area contributed by atoms with E-state index in [2.05, 4.69) is 35.1 Å². The summed E-state index contributed by atoms with van der Waals surface area (Å²) in [6.45, 7) is 3.16. The normalized spacial score (nSPS) is 12.6. The van der Waals surface area contributed by atoms with Crippen LogP contribution >= 0.6 is 22.9 Å². The standard InChI is InChI=1S/C14H16ClNS/c1-11(13-3-2-4-14(15)9-13)16-7-5-12-6-8-17-10-12/h2-4,6,8-11,16H,5,7H2,1H3/t11-/m0/s1. The molecule has 3 heteroatoms. The van der Waals surface area contributed by atoms with Crippen LogP contribution < -0.4 is 5.32 Å². The molecule has 0 aliphatic rings. The first-order valence-electron chi connectivity index (χ1n) is 5.75. The molecule has 2 rings (SSSR count). The van der Waals surface area contributed by atoms with Gasteiger partial charge in [0.25, 0.3) is 0 Å². The molecule has 1 atom stereocenters. The average molecular weight is 266 g/mol. The minimum Gasteiger partial charge on any atom is -0.310 e. The summed E-state index contributed by atoms with van der Waals surface area (Å²) in [7, 11) is 0. The number of rotatable bonds is 5. The molecule has 17 heavy (non-hydrogen) atoms. The van der Waals surface area contributed by atoms with Crippen LogP contribution in [-0.2, 0) is 6.42 Å². The molecule has 0 aliphatic carbocycles. The maximum Gasteiger partial charge on any atom is 0.0409 e. The summed E-state index contributed by atoms with van der Waals surface area (Å²) in [4.78, 5) is 0. The lowest BCUT2D eigenvalue weighted by atomic mass is 10.1. The van der Waals surface area contributed by atoms with Gasteiger partial charge in [-0.3, -0.25) is 0 Å². The SMILES string of the molecule is C[C@H](NCCc1ccsc1)c1cccc(Cl)c1. The lowest BCUT2D eigenvalue weighted by Gasteiger charge is -2.14. The van der Waals surface area contributed by atoms with Crippen LogP contribution in [0.15, 0.2) is 41.1 Å². The van der Waals surface area contributed by atoms with Crippen LogP contribution in [0, 0.1) is 0 Å². The van der Waals surface area contributed by atoms with Gasteiger partial charge in [-0.25, -0.2) is 0 Å². The van der Waals surface area contributed by atoms with Gasteiger partial charge >= 0.3 is 0 Å². The van der Waals surface area contributed by atoms with E-state index in [-0.39, 0.29) is 0 Å². The second kappa shape index (κ2) is 6.20. The Hall–Kier alpha value is -0.830. The van der Waals surface area contributed by atoms with E-state index in [1.165, 1.54) is 11.1 Å². The zero-order chi connectivity index (χ0) is 12.1. The van der Waals surface area contributed by atoms with Gasteiger partial charge in [-0.2, -0.15) is 11.3 Å². The van der Waals surface area contributed by atoms with Crippen LogP contribution in [0.2, 0.25) is 5.02 Å². The van der Waals surface area contributed by atoms with Crippen molar-refractivity contribution < 1.29 is 0 Å². The molecule has 2 aromatic rings. The van der Waals surface area contributed by atoms with Crippen molar-refractivity contribution in [2.45, 2.75) is 19.4 Å². The molecule has 1 aromatic carbocycles. The minimum absolute atomic E-state index is 0.340. The first kappa shape index (κ1) is 12.6. The molecule has 0 saturated carbocycles. The molecule has 0 spiro atoms. The van der Waals surface area contributed by atoms with Gasteiger partial charge in [-0.15, -0.1) is 0 Å². The zero-order valence-electron chi connectivity index (χ0n) is 9.82. The Kier molecular flexibility index (Phi) is 4.60. The van der Waals surface area contributed by atoms with Crippen molar-refractivity contribution in [3.63, 3.8) is 0 Å². The highest BCUT2D eigenvalue weighted by atomic mass is 35.5. The molecule has 0 bridgehead atoms. The fraction of sp³-hybridized carbons (Fsp3) is 0.286. The Morgan fingerprint density at radius 2 is 2.24 bits per heavy atom. The third-order valence-electron chi connectivity index (χ3n) is 2.79. The van der Waals surface area contributed by atoms with Crippen LogP contribution in [0.25, 0.3) is 0 Å². The van der Waals surface area contributed by atoms with Gasteiger partial charge in [-0.05, 0) is 60.0 Å². The van der Waals surface area contributed by atoms with E-state index >= 15 is 0 Å². The van der Waals surface area contributed by atoms with E-state index in [4.69, 9.17) is 11.6 Å². The molecule has 0 radical (unpaired) electrons. The summed E-state index contributed by atoms with van der Waals surface area (Å²) in [5.74, 6) is 0. The lowest BCUT2D eigenvalue weighted by molar-refractivity contribution is 0.577. The maximum absolute atomic E-state index is 5.98. The second-order valence-electron chi connectivity index (χ2n) is 4.11. The smallest absolute Gasteiger partial charge is 0.0409 e. The first-order chi connectivity index (χ1) is 8.25. The van der Waals surface area contributed by atoms with Crippen LogP contribution in [-0.4, -0.2) is 6.54 Å². The monoisotopic (exact) mass is 265 g/mol. The van der Waals surface area contributed by atoms with Crippen LogP contribution in [0.3, 0.4) is 0 Å². The Morgan fingerprint density at radius 1 is 1.35 bits per heavy atom.